The quantitative estimate of drug-likeness (QED) is 0.424. The summed E-state index contributed by atoms with van der Waals surface area (Å²) in [5.74, 6) is -0.256. The number of esters is 1. The first-order chi connectivity index (χ1) is 12.8. The number of rotatable bonds is 2. The minimum atomic E-state index is -1.16. The lowest BCUT2D eigenvalue weighted by atomic mass is 9.43. The second-order valence-electron chi connectivity index (χ2n) is 9.56. The van der Waals surface area contributed by atoms with Gasteiger partial charge < -0.3 is 9.53 Å². The summed E-state index contributed by atoms with van der Waals surface area (Å²) in [7, 11) is 0. The number of hydrogen-bond acceptors (Lipinski definition) is 5. The average molecular weight is 370 g/mol. The molecule has 9 atom stereocenters. The molecule has 5 fully saturated rings. The molecular weight excluding hydrogens is 344 g/mol. The van der Waals surface area contributed by atoms with Crippen molar-refractivity contribution >= 4 is 23.3 Å². The van der Waals surface area contributed by atoms with Gasteiger partial charge in [0, 0.05) is 24.7 Å². The van der Waals surface area contributed by atoms with E-state index in [4.69, 9.17) is 4.74 Å². The first kappa shape index (κ1) is 17.3. The molecule has 2 bridgehead atoms. The van der Waals surface area contributed by atoms with E-state index in [-0.39, 0.29) is 77.7 Å². The first-order valence-electron chi connectivity index (χ1n) is 10.3. The maximum Gasteiger partial charge on any atom is 0.320 e. The number of hydrogen-bond donors (Lipinski definition) is 0. The number of ether oxygens (including phenoxy) is 1. The zero-order valence-corrected chi connectivity index (χ0v) is 15.9. The SMILES string of the molecule is CC(=O)C[C@H]1C2C(C=CC3C(=O)[C@H](C)CC32)CC2CC3CC(=O)C21C(=O)O3. The molecule has 0 aromatic rings. The van der Waals surface area contributed by atoms with Gasteiger partial charge in [-0.1, -0.05) is 19.1 Å². The molecule has 0 amide bonds. The van der Waals surface area contributed by atoms with Crippen LogP contribution in [0.4, 0.5) is 0 Å². The van der Waals surface area contributed by atoms with Crippen molar-refractivity contribution in [3.63, 3.8) is 0 Å². The van der Waals surface area contributed by atoms with Crippen LogP contribution < -0.4 is 0 Å². The molecule has 2 aliphatic heterocycles. The van der Waals surface area contributed by atoms with Crippen LogP contribution in [0.2, 0.25) is 0 Å². The topological polar surface area (TPSA) is 77.5 Å². The van der Waals surface area contributed by atoms with Gasteiger partial charge in [-0.2, -0.15) is 0 Å². The van der Waals surface area contributed by atoms with Crippen molar-refractivity contribution in [3.8, 4) is 0 Å². The molecule has 144 valence electrons. The van der Waals surface area contributed by atoms with Crippen LogP contribution in [0.1, 0.15) is 46.0 Å². The minimum absolute atomic E-state index is 0.00125. The summed E-state index contributed by atoms with van der Waals surface area (Å²) in [5, 5.41) is 0. The van der Waals surface area contributed by atoms with Gasteiger partial charge in [-0.25, -0.2) is 0 Å². The summed E-state index contributed by atoms with van der Waals surface area (Å²) < 4.78 is 5.61. The third-order valence-corrected chi connectivity index (χ3v) is 8.25. The van der Waals surface area contributed by atoms with Crippen molar-refractivity contribution in [1.29, 1.82) is 0 Å². The van der Waals surface area contributed by atoms with Gasteiger partial charge in [-0.15, -0.1) is 0 Å². The first-order valence-corrected chi connectivity index (χ1v) is 10.3. The molecule has 2 heterocycles. The van der Waals surface area contributed by atoms with Crippen LogP contribution in [0.5, 0.6) is 0 Å². The van der Waals surface area contributed by atoms with E-state index in [2.05, 4.69) is 12.2 Å². The Hall–Kier alpha value is -1.78. The van der Waals surface area contributed by atoms with Gasteiger partial charge in [0.15, 0.2) is 5.78 Å². The van der Waals surface area contributed by atoms with E-state index in [0.29, 0.717) is 0 Å². The van der Waals surface area contributed by atoms with Crippen molar-refractivity contribution < 1.29 is 23.9 Å². The lowest BCUT2D eigenvalue weighted by Crippen LogP contribution is -2.67. The monoisotopic (exact) mass is 370 g/mol. The predicted octanol–water partition coefficient (Wildman–Crippen LogP) is 2.52. The smallest absolute Gasteiger partial charge is 0.320 e. The Morgan fingerprint density at radius 3 is 2.67 bits per heavy atom. The van der Waals surface area contributed by atoms with Crippen LogP contribution in [0.15, 0.2) is 12.2 Å². The van der Waals surface area contributed by atoms with Gasteiger partial charge in [0.2, 0.25) is 0 Å². The Labute approximate surface area is 158 Å². The number of fused-ring (bicyclic) bond motifs is 5. The maximum atomic E-state index is 13.2. The number of Topliss-reactive ketones (excluding diaryl/α,β-unsaturated/α-hetero) is 3. The minimum Gasteiger partial charge on any atom is -0.461 e. The average Bonchev–Trinajstić information content (AvgIpc) is 2.88. The van der Waals surface area contributed by atoms with Gasteiger partial charge >= 0.3 is 5.97 Å². The summed E-state index contributed by atoms with van der Waals surface area (Å²) in [5.41, 5.74) is -1.16. The Balaban J connectivity index is 1.65. The second kappa shape index (κ2) is 5.62. The van der Waals surface area contributed by atoms with E-state index in [1.54, 1.807) is 0 Å². The molecule has 3 saturated carbocycles. The molecule has 7 unspecified atom stereocenters. The Morgan fingerprint density at radius 2 is 1.96 bits per heavy atom. The fourth-order valence-electron chi connectivity index (χ4n) is 7.38. The highest BCUT2D eigenvalue weighted by atomic mass is 16.5. The summed E-state index contributed by atoms with van der Waals surface area (Å²) in [6.45, 7) is 3.51. The van der Waals surface area contributed by atoms with Crippen LogP contribution >= 0.6 is 0 Å². The van der Waals surface area contributed by atoms with Crippen LogP contribution in [0.3, 0.4) is 0 Å². The molecule has 0 aromatic heterocycles. The van der Waals surface area contributed by atoms with Crippen molar-refractivity contribution in [2.75, 3.05) is 0 Å². The second-order valence-corrected chi connectivity index (χ2v) is 9.56. The van der Waals surface area contributed by atoms with Crippen LogP contribution in [0.25, 0.3) is 0 Å². The van der Waals surface area contributed by atoms with E-state index in [1.165, 1.54) is 6.92 Å². The summed E-state index contributed by atoms with van der Waals surface area (Å²) >= 11 is 0. The highest BCUT2D eigenvalue weighted by Gasteiger charge is 2.70. The zero-order valence-electron chi connectivity index (χ0n) is 15.9. The van der Waals surface area contributed by atoms with Gasteiger partial charge in [-0.3, -0.25) is 14.4 Å². The van der Waals surface area contributed by atoms with Crippen molar-refractivity contribution in [2.24, 2.45) is 46.8 Å². The Bertz CT molecular complexity index is 762. The third kappa shape index (κ3) is 2.11. The number of carbonyl (C=O) groups excluding carboxylic acids is 4. The summed E-state index contributed by atoms with van der Waals surface area (Å²) in [6.07, 6.45) is 6.75. The molecule has 1 spiro atoms. The van der Waals surface area contributed by atoms with Crippen LogP contribution in [0, 0.1) is 46.8 Å². The molecule has 4 aliphatic carbocycles. The van der Waals surface area contributed by atoms with E-state index in [9.17, 15) is 19.2 Å². The molecule has 0 aromatic carbocycles. The Kier molecular flexibility index (Phi) is 3.60. The number of allylic oxidation sites excluding steroid dienone is 2. The molecular formula is C22H26O5. The number of carbonyl (C=O) groups is 4. The maximum absolute atomic E-state index is 13.2. The fraction of sp³-hybridized carbons (Fsp3) is 0.727. The van der Waals surface area contributed by atoms with Gasteiger partial charge in [0.1, 0.15) is 23.1 Å². The van der Waals surface area contributed by atoms with Crippen molar-refractivity contribution in [3.05, 3.63) is 12.2 Å². The molecule has 6 aliphatic rings. The van der Waals surface area contributed by atoms with Crippen molar-refractivity contribution in [1.82, 2.24) is 0 Å². The van der Waals surface area contributed by atoms with Gasteiger partial charge in [0.25, 0.3) is 0 Å². The van der Waals surface area contributed by atoms with E-state index >= 15 is 0 Å². The summed E-state index contributed by atoms with van der Waals surface area (Å²) in [6, 6.07) is 0. The fourth-order valence-corrected chi connectivity index (χ4v) is 7.38. The normalized spacial score (nSPS) is 50.1. The van der Waals surface area contributed by atoms with Gasteiger partial charge in [0.05, 0.1) is 0 Å². The molecule has 27 heavy (non-hydrogen) atoms. The third-order valence-electron chi connectivity index (χ3n) is 8.25. The van der Waals surface area contributed by atoms with Crippen LogP contribution in [-0.4, -0.2) is 29.4 Å². The lowest BCUT2D eigenvalue weighted by Gasteiger charge is -2.60. The van der Waals surface area contributed by atoms with Crippen LogP contribution in [-0.2, 0) is 23.9 Å². The standard InChI is InChI=1S/C22H26O5/c1-10-5-16-15(20(10)25)4-3-12-7-13-8-14-9-18(24)22(13,21(26)27-14)17(19(12)16)6-11(2)23/h3-4,10,12-17,19H,5-9H2,1-2H3/t10-,12?,13?,14?,15?,16?,17+,19?,22?/m1/s1. The molecule has 0 N–H and O–H groups in total. The molecule has 5 heteroatoms. The van der Waals surface area contributed by atoms with Crippen molar-refractivity contribution in [2.45, 2.75) is 52.1 Å². The highest BCUT2D eigenvalue weighted by Crippen LogP contribution is 2.64. The molecule has 2 saturated heterocycles. The molecule has 6 rings (SSSR count). The number of ketones is 3. The predicted molar refractivity (Wildman–Crippen MR) is 95.3 cm³/mol. The highest BCUT2D eigenvalue weighted by molar-refractivity contribution is 6.08. The lowest BCUT2D eigenvalue weighted by molar-refractivity contribution is -0.213. The zero-order chi connectivity index (χ0) is 19.1. The van der Waals surface area contributed by atoms with E-state index in [1.807, 2.05) is 6.92 Å². The Morgan fingerprint density at radius 1 is 1.19 bits per heavy atom. The van der Waals surface area contributed by atoms with E-state index in [0.717, 1.165) is 19.3 Å². The molecule has 0 radical (unpaired) electrons. The largest absolute Gasteiger partial charge is 0.461 e. The summed E-state index contributed by atoms with van der Waals surface area (Å²) in [4.78, 5) is 51.1. The van der Waals surface area contributed by atoms with E-state index < -0.39 is 11.4 Å². The molecule has 5 nitrogen and oxygen atoms in total. The van der Waals surface area contributed by atoms with Gasteiger partial charge in [-0.05, 0) is 55.8 Å².